The van der Waals surface area contributed by atoms with Gasteiger partial charge in [0.2, 0.25) is 0 Å². The molecule has 0 aliphatic rings. The van der Waals surface area contributed by atoms with Crippen LogP contribution in [0.1, 0.15) is 10.4 Å². The Morgan fingerprint density at radius 3 is 2.90 bits per heavy atom. The Morgan fingerprint density at radius 2 is 2.50 bits per heavy atom. The van der Waals surface area contributed by atoms with E-state index in [1.165, 1.54) is 12.3 Å². The van der Waals surface area contributed by atoms with Crippen LogP contribution in [0.2, 0.25) is 0 Å². The first-order chi connectivity index (χ1) is 4.70. The summed E-state index contributed by atoms with van der Waals surface area (Å²) in [6.45, 7) is 0. The van der Waals surface area contributed by atoms with Gasteiger partial charge in [-0.15, -0.1) is 0 Å². The molecule has 1 rings (SSSR count). The number of nitrogens with one attached hydrogen (secondary N) is 1. The van der Waals surface area contributed by atoms with Crippen molar-refractivity contribution in [2.75, 3.05) is 0 Å². The van der Waals surface area contributed by atoms with Gasteiger partial charge in [-0.3, -0.25) is 5.10 Å². The molecule has 0 aliphatic carbocycles. The van der Waals surface area contributed by atoms with Gasteiger partial charge in [0.15, 0.2) is 0 Å². The Balaban J connectivity index is 3.20. The fraction of sp³-hybridized carbons (Fsp3) is 0. The van der Waals surface area contributed by atoms with Crippen molar-refractivity contribution >= 4 is 18.2 Å². The molecule has 10 heavy (non-hydrogen) atoms. The molecule has 1 aromatic heterocycles. The zero-order valence-corrected chi connectivity index (χ0v) is 5.68. The van der Waals surface area contributed by atoms with Crippen LogP contribution in [0.4, 0.5) is 0 Å². The number of hydrogen-bond donors (Lipinski definition) is 2. The third kappa shape index (κ3) is 1.38. The molecule has 0 amide bonds. The van der Waals surface area contributed by atoms with Crippen LogP contribution in [-0.4, -0.2) is 21.3 Å². The number of carboxylic acid groups (broad SMARTS) is 1. The highest BCUT2D eigenvalue weighted by atomic mass is 32.1. The molecular weight excluding hydrogens is 152 g/mol. The predicted molar refractivity (Wildman–Crippen MR) is 36.4 cm³/mol. The van der Waals surface area contributed by atoms with Gasteiger partial charge in [0.1, 0.15) is 4.64 Å². The van der Waals surface area contributed by atoms with Gasteiger partial charge in [-0.05, 0) is 6.07 Å². The molecule has 1 heterocycles. The van der Waals surface area contributed by atoms with Crippen molar-refractivity contribution in [1.82, 2.24) is 10.2 Å². The molecule has 2 N–H and O–H groups in total. The van der Waals surface area contributed by atoms with E-state index in [9.17, 15) is 4.79 Å². The van der Waals surface area contributed by atoms with Gasteiger partial charge in [-0.2, -0.15) is 5.10 Å². The van der Waals surface area contributed by atoms with Gasteiger partial charge < -0.3 is 5.11 Å². The Morgan fingerprint density at radius 1 is 1.80 bits per heavy atom. The first-order valence-electron chi connectivity index (χ1n) is 2.48. The van der Waals surface area contributed by atoms with E-state index in [4.69, 9.17) is 5.11 Å². The van der Waals surface area contributed by atoms with Crippen molar-refractivity contribution in [1.29, 1.82) is 0 Å². The average Bonchev–Trinajstić information content (AvgIpc) is 1.88. The first kappa shape index (κ1) is 6.88. The van der Waals surface area contributed by atoms with E-state index in [1.54, 1.807) is 0 Å². The standard InChI is InChI=1S/C5H4N2O2S/c8-5(9)3-1-4(10)7-6-2-3/h1-2H,(H,7,10)(H,8,9). The third-order valence-corrected chi connectivity index (χ3v) is 1.12. The van der Waals surface area contributed by atoms with Gasteiger partial charge in [0.25, 0.3) is 0 Å². The lowest BCUT2D eigenvalue weighted by molar-refractivity contribution is 0.0696. The average molecular weight is 156 g/mol. The van der Waals surface area contributed by atoms with Crippen molar-refractivity contribution in [2.45, 2.75) is 0 Å². The monoisotopic (exact) mass is 156 g/mol. The quantitative estimate of drug-likeness (QED) is 0.591. The largest absolute Gasteiger partial charge is 0.478 e. The van der Waals surface area contributed by atoms with Crippen molar-refractivity contribution in [2.24, 2.45) is 0 Å². The summed E-state index contributed by atoms with van der Waals surface area (Å²) in [4.78, 5) is 10.3. The zero-order valence-electron chi connectivity index (χ0n) is 4.87. The summed E-state index contributed by atoms with van der Waals surface area (Å²) >= 11 is 4.64. The number of aromatic carboxylic acids is 1. The highest BCUT2D eigenvalue weighted by Crippen LogP contribution is 1.93. The van der Waals surface area contributed by atoms with Crippen LogP contribution in [0, 0.1) is 4.64 Å². The Labute approximate surface area is 61.5 Å². The van der Waals surface area contributed by atoms with Crippen LogP contribution >= 0.6 is 12.2 Å². The number of carboxylic acids is 1. The summed E-state index contributed by atoms with van der Waals surface area (Å²) < 4.78 is 0.319. The molecule has 0 spiro atoms. The minimum atomic E-state index is -1.02. The molecule has 0 radical (unpaired) electrons. The molecule has 5 heteroatoms. The topological polar surface area (TPSA) is 66.0 Å². The van der Waals surface area contributed by atoms with Gasteiger partial charge in [0, 0.05) is 0 Å². The molecule has 0 saturated carbocycles. The van der Waals surface area contributed by atoms with Crippen LogP contribution in [0.25, 0.3) is 0 Å². The number of aromatic nitrogens is 2. The van der Waals surface area contributed by atoms with E-state index in [0.717, 1.165) is 0 Å². The predicted octanol–water partition coefficient (Wildman–Crippen LogP) is 0.837. The summed E-state index contributed by atoms with van der Waals surface area (Å²) in [6, 6.07) is 1.34. The summed E-state index contributed by atoms with van der Waals surface area (Å²) in [5, 5.41) is 14.3. The molecule has 0 unspecified atom stereocenters. The lowest BCUT2D eigenvalue weighted by Gasteiger charge is -1.89. The van der Waals surface area contributed by atoms with E-state index in [-0.39, 0.29) is 5.56 Å². The van der Waals surface area contributed by atoms with Crippen LogP contribution in [0.15, 0.2) is 12.3 Å². The van der Waals surface area contributed by atoms with Gasteiger partial charge >= 0.3 is 5.97 Å². The second-order valence-corrected chi connectivity index (χ2v) is 2.08. The second kappa shape index (κ2) is 2.57. The van der Waals surface area contributed by atoms with Crippen molar-refractivity contribution in [3.63, 3.8) is 0 Å². The van der Waals surface area contributed by atoms with Gasteiger partial charge in [0.05, 0.1) is 11.8 Å². The molecule has 0 atom stereocenters. The molecule has 0 aliphatic heterocycles. The number of H-pyrrole nitrogens is 1. The summed E-state index contributed by atoms with van der Waals surface area (Å²) in [7, 11) is 0. The zero-order chi connectivity index (χ0) is 7.56. The van der Waals surface area contributed by atoms with E-state index < -0.39 is 5.97 Å². The van der Waals surface area contributed by atoms with Crippen molar-refractivity contribution < 1.29 is 9.90 Å². The molecule has 0 fully saturated rings. The fourth-order valence-corrected chi connectivity index (χ4v) is 0.673. The lowest BCUT2D eigenvalue weighted by atomic mass is 10.3. The van der Waals surface area contributed by atoms with Gasteiger partial charge in [-0.1, -0.05) is 12.2 Å². The van der Waals surface area contributed by atoms with E-state index >= 15 is 0 Å². The number of aromatic amines is 1. The molecule has 0 saturated heterocycles. The van der Waals surface area contributed by atoms with Crippen LogP contribution < -0.4 is 0 Å². The minimum Gasteiger partial charge on any atom is -0.478 e. The highest BCUT2D eigenvalue weighted by Gasteiger charge is 1.99. The number of hydrogen-bond acceptors (Lipinski definition) is 3. The van der Waals surface area contributed by atoms with Crippen molar-refractivity contribution in [3.05, 3.63) is 22.5 Å². The SMILES string of the molecule is O=C(O)c1cn[nH]c(=S)c1. The third-order valence-electron chi connectivity index (χ3n) is 0.912. The maximum Gasteiger partial charge on any atom is 0.337 e. The Bertz CT molecular complexity index is 307. The van der Waals surface area contributed by atoms with Gasteiger partial charge in [-0.25, -0.2) is 4.79 Å². The summed E-state index contributed by atoms with van der Waals surface area (Å²) in [6.07, 6.45) is 1.21. The van der Waals surface area contributed by atoms with Crippen LogP contribution in [-0.2, 0) is 0 Å². The molecule has 4 nitrogen and oxygen atoms in total. The lowest BCUT2D eigenvalue weighted by Crippen LogP contribution is -1.97. The first-order valence-corrected chi connectivity index (χ1v) is 2.89. The maximum atomic E-state index is 10.3. The fourth-order valence-electron chi connectivity index (χ4n) is 0.493. The molecule has 1 aromatic rings. The van der Waals surface area contributed by atoms with Crippen LogP contribution in [0.5, 0.6) is 0 Å². The Hall–Kier alpha value is -1.23. The highest BCUT2D eigenvalue weighted by molar-refractivity contribution is 7.71. The number of nitrogens with zero attached hydrogens (tertiary/aromatic N) is 1. The summed E-state index contributed by atoms with van der Waals surface area (Å²) in [5.74, 6) is -1.02. The van der Waals surface area contributed by atoms with Crippen molar-refractivity contribution in [3.8, 4) is 0 Å². The number of rotatable bonds is 1. The maximum absolute atomic E-state index is 10.3. The molecular formula is C5H4N2O2S. The molecule has 0 bridgehead atoms. The molecule has 0 aromatic carbocycles. The van der Waals surface area contributed by atoms with E-state index in [1.807, 2.05) is 0 Å². The van der Waals surface area contributed by atoms with E-state index in [0.29, 0.717) is 4.64 Å². The van der Waals surface area contributed by atoms with E-state index in [2.05, 4.69) is 22.4 Å². The Kier molecular flexibility index (Phi) is 1.77. The summed E-state index contributed by atoms with van der Waals surface area (Å²) in [5.41, 5.74) is 0.101. The van der Waals surface area contributed by atoms with Crippen LogP contribution in [0.3, 0.4) is 0 Å². The molecule has 52 valence electrons. The normalized spacial score (nSPS) is 9.20. The number of carbonyl (C=O) groups is 1. The minimum absolute atomic E-state index is 0.101. The smallest absolute Gasteiger partial charge is 0.337 e. The second-order valence-electron chi connectivity index (χ2n) is 1.64.